The second kappa shape index (κ2) is 4.68. The highest BCUT2D eigenvalue weighted by Crippen LogP contribution is 2.36. The second-order valence-electron chi connectivity index (χ2n) is 4.14. The summed E-state index contributed by atoms with van der Waals surface area (Å²) in [7, 11) is 3.92. The van der Waals surface area contributed by atoms with Crippen LogP contribution in [0.25, 0.3) is 0 Å². The van der Waals surface area contributed by atoms with E-state index >= 15 is 0 Å². The van der Waals surface area contributed by atoms with Gasteiger partial charge in [-0.1, -0.05) is 6.92 Å². The van der Waals surface area contributed by atoms with Gasteiger partial charge in [-0.05, 0) is 49.4 Å². The number of halogens is 1. The van der Waals surface area contributed by atoms with Crippen LogP contribution in [-0.4, -0.2) is 29.6 Å². The Hall–Kier alpha value is -0.320. The molecule has 0 saturated heterocycles. The van der Waals surface area contributed by atoms with Gasteiger partial charge in [-0.2, -0.15) is 0 Å². The van der Waals surface area contributed by atoms with Crippen LogP contribution >= 0.6 is 15.9 Å². The minimum atomic E-state index is -0.637. The third kappa shape index (κ3) is 2.27. The zero-order valence-corrected chi connectivity index (χ0v) is 11.2. The van der Waals surface area contributed by atoms with Gasteiger partial charge in [0.1, 0.15) is 11.9 Å². The summed E-state index contributed by atoms with van der Waals surface area (Å²) in [6.07, 6.45) is 1.78. The SMILES string of the molecule is CCC(C)(C(O)c1occc1Br)N(C)C. The average molecular weight is 276 g/mol. The van der Waals surface area contributed by atoms with Crippen LogP contribution in [0.1, 0.15) is 32.1 Å². The Labute approximate surface area is 99.2 Å². The first-order valence-electron chi connectivity index (χ1n) is 5.02. The predicted octanol–water partition coefficient (Wildman–Crippen LogP) is 2.81. The fraction of sp³-hybridized carbons (Fsp3) is 0.636. The van der Waals surface area contributed by atoms with Crippen LogP contribution in [0.3, 0.4) is 0 Å². The molecule has 0 saturated carbocycles. The molecular weight excluding hydrogens is 258 g/mol. The predicted molar refractivity (Wildman–Crippen MR) is 63.8 cm³/mol. The molecule has 86 valence electrons. The Morgan fingerprint density at radius 2 is 2.20 bits per heavy atom. The van der Waals surface area contributed by atoms with Gasteiger partial charge in [0.2, 0.25) is 0 Å². The summed E-state index contributed by atoms with van der Waals surface area (Å²) in [6, 6.07) is 1.80. The van der Waals surface area contributed by atoms with Crippen LogP contribution < -0.4 is 0 Å². The molecule has 1 aromatic heterocycles. The summed E-state index contributed by atoms with van der Waals surface area (Å²) in [5, 5.41) is 10.3. The third-order valence-electron chi connectivity index (χ3n) is 3.22. The van der Waals surface area contributed by atoms with E-state index in [0.717, 1.165) is 10.9 Å². The molecule has 1 heterocycles. The molecule has 0 aliphatic carbocycles. The number of hydrogen-bond donors (Lipinski definition) is 1. The van der Waals surface area contributed by atoms with Crippen LogP contribution in [0.15, 0.2) is 21.2 Å². The van der Waals surface area contributed by atoms with Gasteiger partial charge in [0, 0.05) is 0 Å². The van der Waals surface area contributed by atoms with Crippen LogP contribution in [0.2, 0.25) is 0 Å². The Bertz CT molecular complexity index is 324. The van der Waals surface area contributed by atoms with E-state index in [-0.39, 0.29) is 5.54 Å². The quantitative estimate of drug-likeness (QED) is 0.918. The number of hydrogen-bond acceptors (Lipinski definition) is 3. The van der Waals surface area contributed by atoms with E-state index in [1.54, 1.807) is 12.3 Å². The summed E-state index contributed by atoms with van der Waals surface area (Å²) in [5.41, 5.74) is -0.319. The molecule has 0 amide bonds. The van der Waals surface area contributed by atoms with Crippen LogP contribution in [0.5, 0.6) is 0 Å². The van der Waals surface area contributed by atoms with Crippen molar-refractivity contribution in [3.8, 4) is 0 Å². The molecule has 0 fully saturated rings. The first-order valence-corrected chi connectivity index (χ1v) is 5.81. The van der Waals surface area contributed by atoms with Crippen molar-refractivity contribution in [1.82, 2.24) is 4.90 Å². The lowest BCUT2D eigenvalue weighted by molar-refractivity contribution is -0.0123. The van der Waals surface area contributed by atoms with Crippen LogP contribution in [0, 0.1) is 0 Å². The maximum Gasteiger partial charge on any atom is 0.148 e. The van der Waals surface area contributed by atoms with Crippen LogP contribution in [-0.2, 0) is 0 Å². The van der Waals surface area contributed by atoms with E-state index in [9.17, 15) is 5.11 Å². The summed E-state index contributed by atoms with van der Waals surface area (Å²) < 4.78 is 6.12. The van der Waals surface area contributed by atoms with E-state index in [1.807, 2.05) is 25.9 Å². The Kier molecular flexibility index (Phi) is 3.98. The molecule has 0 spiro atoms. The molecule has 1 aromatic rings. The lowest BCUT2D eigenvalue weighted by atomic mass is 9.89. The van der Waals surface area contributed by atoms with Crippen molar-refractivity contribution in [2.45, 2.75) is 31.9 Å². The zero-order valence-electron chi connectivity index (χ0n) is 9.62. The van der Waals surface area contributed by atoms with Crippen molar-refractivity contribution >= 4 is 15.9 Å². The highest BCUT2D eigenvalue weighted by Gasteiger charge is 2.37. The molecular formula is C11H18BrNO2. The molecule has 0 bridgehead atoms. The van der Waals surface area contributed by atoms with E-state index in [1.165, 1.54) is 0 Å². The van der Waals surface area contributed by atoms with Gasteiger partial charge in [-0.25, -0.2) is 0 Å². The standard InChI is InChI=1S/C11H18BrNO2/c1-5-11(2,13(3)4)10(14)9-8(12)6-7-15-9/h6-7,10,14H,5H2,1-4H3. The van der Waals surface area contributed by atoms with E-state index in [2.05, 4.69) is 22.9 Å². The minimum absolute atomic E-state index is 0.319. The highest BCUT2D eigenvalue weighted by atomic mass is 79.9. The van der Waals surface area contributed by atoms with E-state index < -0.39 is 6.10 Å². The number of nitrogens with zero attached hydrogens (tertiary/aromatic N) is 1. The fourth-order valence-corrected chi connectivity index (χ4v) is 1.96. The highest BCUT2D eigenvalue weighted by molar-refractivity contribution is 9.10. The molecule has 4 heteroatoms. The van der Waals surface area contributed by atoms with Gasteiger partial charge in [-0.15, -0.1) is 0 Å². The summed E-state index contributed by atoms with van der Waals surface area (Å²) in [6.45, 7) is 4.08. The van der Waals surface area contributed by atoms with Gasteiger partial charge < -0.3 is 14.4 Å². The second-order valence-corrected chi connectivity index (χ2v) is 4.99. The van der Waals surface area contributed by atoms with E-state index in [4.69, 9.17) is 4.42 Å². The molecule has 2 unspecified atom stereocenters. The van der Waals surface area contributed by atoms with Gasteiger partial charge in [0.05, 0.1) is 16.3 Å². The number of aliphatic hydroxyl groups excluding tert-OH is 1. The zero-order chi connectivity index (χ0) is 11.6. The van der Waals surface area contributed by atoms with Crippen molar-refractivity contribution in [1.29, 1.82) is 0 Å². The van der Waals surface area contributed by atoms with Gasteiger partial charge >= 0.3 is 0 Å². The monoisotopic (exact) mass is 275 g/mol. The summed E-state index contributed by atoms with van der Waals surface area (Å²) >= 11 is 3.37. The fourth-order valence-electron chi connectivity index (χ4n) is 1.54. The molecule has 0 radical (unpaired) electrons. The van der Waals surface area contributed by atoms with Gasteiger partial charge in [0.25, 0.3) is 0 Å². The third-order valence-corrected chi connectivity index (χ3v) is 3.87. The van der Waals surface area contributed by atoms with Crippen molar-refractivity contribution in [3.63, 3.8) is 0 Å². The lowest BCUT2D eigenvalue weighted by Crippen LogP contribution is -2.46. The Morgan fingerprint density at radius 1 is 1.60 bits per heavy atom. The number of furan rings is 1. The molecule has 0 aromatic carbocycles. The molecule has 15 heavy (non-hydrogen) atoms. The summed E-state index contributed by atoms with van der Waals surface area (Å²) in [4.78, 5) is 2.02. The summed E-state index contributed by atoms with van der Waals surface area (Å²) in [5.74, 6) is 0.591. The average Bonchev–Trinajstić information content (AvgIpc) is 2.61. The van der Waals surface area contributed by atoms with Gasteiger partial charge in [-0.3, -0.25) is 0 Å². The molecule has 2 atom stereocenters. The maximum atomic E-state index is 10.3. The number of likely N-dealkylation sites (N-methyl/N-ethyl adjacent to an activating group) is 1. The minimum Gasteiger partial charge on any atom is -0.465 e. The molecule has 3 nitrogen and oxygen atoms in total. The Balaban J connectivity index is 3.02. The first kappa shape index (κ1) is 12.7. The van der Waals surface area contributed by atoms with Crippen molar-refractivity contribution < 1.29 is 9.52 Å². The normalized spacial score (nSPS) is 17.8. The van der Waals surface area contributed by atoms with Crippen molar-refractivity contribution in [2.75, 3.05) is 14.1 Å². The number of aliphatic hydroxyl groups is 1. The van der Waals surface area contributed by atoms with Crippen molar-refractivity contribution in [3.05, 3.63) is 22.6 Å². The van der Waals surface area contributed by atoms with E-state index in [0.29, 0.717) is 5.76 Å². The molecule has 1 rings (SSSR count). The van der Waals surface area contributed by atoms with Crippen molar-refractivity contribution in [2.24, 2.45) is 0 Å². The molecule has 0 aliphatic rings. The van der Waals surface area contributed by atoms with Crippen LogP contribution in [0.4, 0.5) is 0 Å². The lowest BCUT2D eigenvalue weighted by Gasteiger charge is -2.39. The first-order chi connectivity index (χ1) is 6.93. The van der Waals surface area contributed by atoms with Gasteiger partial charge in [0.15, 0.2) is 0 Å². The molecule has 1 N–H and O–H groups in total. The smallest absolute Gasteiger partial charge is 0.148 e. The topological polar surface area (TPSA) is 36.6 Å². The Morgan fingerprint density at radius 3 is 2.53 bits per heavy atom. The largest absolute Gasteiger partial charge is 0.465 e. The molecule has 0 aliphatic heterocycles. The number of rotatable bonds is 4. The maximum absolute atomic E-state index is 10.3.